The molecule has 2 aromatic carbocycles. The molecule has 3 rings (SSSR count). The SMILES string of the molecule is C(#CC1CCCCN1Cc1ccccc1)c1ccccc1. The summed E-state index contributed by atoms with van der Waals surface area (Å²) in [6.07, 6.45) is 3.77. The molecule has 0 aliphatic carbocycles. The molecule has 106 valence electrons. The molecule has 0 spiro atoms. The van der Waals surface area contributed by atoms with E-state index in [2.05, 4.69) is 59.2 Å². The fourth-order valence-electron chi connectivity index (χ4n) is 2.85. The van der Waals surface area contributed by atoms with Crippen molar-refractivity contribution in [3.8, 4) is 11.8 Å². The Balaban J connectivity index is 1.71. The van der Waals surface area contributed by atoms with Gasteiger partial charge in [0, 0.05) is 12.1 Å². The molecule has 0 bridgehead atoms. The molecule has 1 fully saturated rings. The lowest BCUT2D eigenvalue weighted by atomic mass is 10.0. The lowest BCUT2D eigenvalue weighted by molar-refractivity contribution is 0.178. The zero-order valence-electron chi connectivity index (χ0n) is 12.3. The highest BCUT2D eigenvalue weighted by molar-refractivity contribution is 5.35. The van der Waals surface area contributed by atoms with Crippen LogP contribution in [-0.4, -0.2) is 17.5 Å². The molecule has 1 unspecified atom stereocenters. The smallest absolute Gasteiger partial charge is 0.0721 e. The van der Waals surface area contributed by atoms with Gasteiger partial charge < -0.3 is 0 Å². The van der Waals surface area contributed by atoms with Gasteiger partial charge in [0.1, 0.15) is 0 Å². The van der Waals surface area contributed by atoms with E-state index < -0.39 is 0 Å². The van der Waals surface area contributed by atoms with Gasteiger partial charge >= 0.3 is 0 Å². The molecule has 2 aromatic rings. The van der Waals surface area contributed by atoms with Crippen LogP contribution in [0.1, 0.15) is 30.4 Å². The minimum absolute atomic E-state index is 0.388. The van der Waals surface area contributed by atoms with E-state index in [0.717, 1.165) is 18.7 Å². The third kappa shape index (κ3) is 3.97. The number of nitrogens with zero attached hydrogens (tertiary/aromatic N) is 1. The summed E-state index contributed by atoms with van der Waals surface area (Å²) >= 11 is 0. The lowest BCUT2D eigenvalue weighted by Gasteiger charge is -2.32. The lowest BCUT2D eigenvalue weighted by Crippen LogP contribution is -2.37. The molecule has 1 atom stereocenters. The molecule has 0 N–H and O–H groups in total. The summed E-state index contributed by atoms with van der Waals surface area (Å²) in [5, 5.41) is 0. The first-order valence-electron chi connectivity index (χ1n) is 7.76. The monoisotopic (exact) mass is 275 g/mol. The molecule has 1 heteroatoms. The quantitative estimate of drug-likeness (QED) is 0.746. The second-order valence-electron chi connectivity index (χ2n) is 5.60. The number of rotatable bonds is 2. The van der Waals surface area contributed by atoms with Gasteiger partial charge in [0.25, 0.3) is 0 Å². The Morgan fingerprint density at radius 1 is 0.905 bits per heavy atom. The van der Waals surface area contributed by atoms with Crippen LogP contribution < -0.4 is 0 Å². The fraction of sp³-hybridized carbons (Fsp3) is 0.300. The molecular weight excluding hydrogens is 254 g/mol. The minimum Gasteiger partial charge on any atom is -0.285 e. The van der Waals surface area contributed by atoms with Crippen molar-refractivity contribution in [3.05, 3.63) is 71.8 Å². The molecule has 0 saturated carbocycles. The van der Waals surface area contributed by atoms with E-state index in [0.29, 0.717) is 6.04 Å². The third-order valence-electron chi connectivity index (χ3n) is 4.00. The van der Waals surface area contributed by atoms with Gasteiger partial charge in [-0.3, -0.25) is 4.90 Å². The number of benzene rings is 2. The van der Waals surface area contributed by atoms with Gasteiger partial charge in [-0.1, -0.05) is 60.4 Å². The van der Waals surface area contributed by atoms with Crippen LogP contribution in [0.3, 0.4) is 0 Å². The maximum atomic E-state index is 3.48. The van der Waals surface area contributed by atoms with E-state index in [9.17, 15) is 0 Å². The topological polar surface area (TPSA) is 3.24 Å². The van der Waals surface area contributed by atoms with E-state index >= 15 is 0 Å². The van der Waals surface area contributed by atoms with Crippen LogP contribution in [0, 0.1) is 11.8 Å². The summed E-state index contributed by atoms with van der Waals surface area (Å²) in [6.45, 7) is 2.16. The first-order chi connectivity index (χ1) is 10.4. The number of likely N-dealkylation sites (tertiary alicyclic amines) is 1. The largest absolute Gasteiger partial charge is 0.285 e. The second-order valence-corrected chi connectivity index (χ2v) is 5.60. The Hall–Kier alpha value is -2.04. The zero-order chi connectivity index (χ0) is 14.3. The highest BCUT2D eigenvalue weighted by atomic mass is 15.2. The molecule has 21 heavy (non-hydrogen) atoms. The summed E-state index contributed by atoms with van der Waals surface area (Å²) in [5.74, 6) is 6.82. The zero-order valence-corrected chi connectivity index (χ0v) is 12.3. The predicted octanol–water partition coefficient (Wildman–Crippen LogP) is 4.09. The second kappa shape index (κ2) is 7.11. The molecule has 1 saturated heterocycles. The molecule has 1 aliphatic rings. The average molecular weight is 275 g/mol. The molecule has 1 nitrogen and oxygen atoms in total. The van der Waals surface area contributed by atoms with Crippen molar-refractivity contribution >= 4 is 0 Å². The fourth-order valence-corrected chi connectivity index (χ4v) is 2.85. The average Bonchev–Trinajstić information content (AvgIpc) is 2.56. The van der Waals surface area contributed by atoms with Gasteiger partial charge in [-0.05, 0) is 43.5 Å². The normalized spacial score (nSPS) is 18.8. The highest BCUT2D eigenvalue weighted by Gasteiger charge is 2.20. The van der Waals surface area contributed by atoms with Crippen molar-refractivity contribution < 1.29 is 0 Å². The van der Waals surface area contributed by atoms with Gasteiger partial charge in [-0.2, -0.15) is 0 Å². The molecular formula is C20H21N. The van der Waals surface area contributed by atoms with E-state index in [-0.39, 0.29) is 0 Å². The van der Waals surface area contributed by atoms with Crippen LogP contribution in [0.2, 0.25) is 0 Å². The Morgan fingerprint density at radius 2 is 1.62 bits per heavy atom. The molecule has 1 heterocycles. The van der Waals surface area contributed by atoms with Gasteiger partial charge in [0.15, 0.2) is 0 Å². The van der Waals surface area contributed by atoms with Gasteiger partial charge in [-0.15, -0.1) is 0 Å². The van der Waals surface area contributed by atoms with E-state index in [1.54, 1.807) is 0 Å². The Bertz CT molecular complexity index is 607. The predicted molar refractivity (Wildman–Crippen MR) is 87.8 cm³/mol. The standard InChI is InChI=1S/C20H21N/c1-3-9-18(10-4-1)14-15-20-13-7-8-16-21(20)17-19-11-5-2-6-12-19/h1-6,9-12,20H,7-8,13,16-17H2. The van der Waals surface area contributed by atoms with Gasteiger partial charge in [-0.25, -0.2) is 0 Å². The number of hydrogen-bond acceptors (Lipinski definition) is 1. The number of hydrogen-bond donors (Lipinski definition) is 0. The van der Waals surface area contributed by atoms with Crippen molar-refractivity contribution in [3.63, 3.8) is 0 Å². The highest BCUT2D eigenvalue weighted by Crippen LogP contribution is 2.19. The van der Waals surface area contributed by atoms with Crippen molar-refractivity contribution in [2.45, 2.75) is 31.8 Å². The van der Waals surface area contributed by atoms with Crippen LogP contribution in [0.4, 0.5) is 0 Å². The summed E-state index contributed by atoms with van der Waals surface area (Å²) in [6, 6.07) is 21.4. The Labute approximate surface area is 127 Å². The van der Waals surface area contributed by atoms with Crippen molar-refractivity contribution in [1.29, 1.82) is 0 Å². The minimum atomic E-state index is 0.388. The summed E-state index contributed by atoms with van der Waals surface area (Å²) in [5.41, 5.74) is 2.49. The third-order valence-corrected chi connectivity index (χ3v) is 4.00. The van der Waals surface area contributed by atoms with Crippen LogP contribution >= 0.6 is 0 Å². The summed E-state index contributed by atoms with van der Waals surface area (Å²) in [7, 11) is 0. The van der Waals surface area contributed by atoms with Crippen molar-refractivity contribution in [1.82, 2.24) is 4.90 Å². The maximum absolute atomic E-state index is 3.48. The maximum Gasteiger partial charge on any atom is 0.0721 e. The molecule has 0 radical (unpaired) electrons. The molecule has 1 aliphatic heterocycles. The van der Waals surface area contributed by atoms with E-state index in [1.807, 2.05) is 18.2 Å². The molecule has 0 amide bonds. The van der Waals surface area contributed by atoms with Gasteiger partial charge in [0.05, 0.1) is 6.04 Å². The van der Waals surface area contributed by atoms with Crippen LogP contribution in [0.25, 0.3) is 0 Å². The van der Waals surface area contributed by atoms with Crippen molar-refractivity contribution in [2.24, 2.45) is 0 Å². The van der Waals surface area contributed by atoms with Crippen LogP contribution in [0.15, 0.2) is 60.7 Å². The molecule has 0 aromatic heterocycles. The summed E-state index contributed by atoms with van der Waals surface area (Å²) in [4.78, 5) is 2.52. The summed E-state index contributed by atoms with van der Waals surface area (Å²) < 4.78 is 0. The van der Waals surface area contributed by atoms with Crippen LogP contribution in [0.5, 0.6) is 0 Å². The van der Waals surface area contributed by atoms with E-state index in [1.165, 1.54) is 24.8 Å². The first kappa shape index (κ1) is 13.9. The van der Waals surface area contributed by atoms with Crippen LogP contribution in [-0.2, 0) is 6.54 Å². The van der Waals surface area contributed by atoms with E-state index in [4.69, 9.17) is 0 Å². The van der Waals surface area contributed by atoms with Crippen molar-refractivity contribution in [2.75, 3.05) is 6.54 Å². The number of piperidine rings is 1. The Morgan fingerprint density at radius 3 is 2.38 bits per heavy atom. The van der Waals surface area contributed by atoms with Gasteiger partial charge in [0.2, 0.25) is 0 Å². The first-order valence-corrected chi connectivity index (χ1v) is 7.76. The Kier molecular flexibility index (Phi) is 4.71.